The first-order valence-corrected chi connectivity index (χ1v) is 7.58. The average Bonchev–Trinajstić information content (AvgIpc) is 2.85. The van der Waals surface area contributed by atoms with Crippen LogP contribution in [0, 0.1) is 0 Å². The molecule has 5 heteroatoms. The summed E-state index contributed by atoms with van der Waals surface area (Å²) in [5.41, 5.74) is 1.17. The molecule has 1 saturated heterocycles. The van der Waals surface area contributed by atoms with E-state index < -0.39 is 12.0 Å². The molecule has 5 nitrogen and oxygen atoms in total. The largest absolute Gasteiger partial charge is 0.480 e. The Bertz CT molecular complexity index is 615. The summed E-state index contributed by atoms with van der Waals surface area (Å²) in [6, 6.07) is 6.73. The number of hydrogen-bond donors (Lipinski definition) is 1. The first-order valence-electron chi connectivity index (χ1n) is 7.58. The van der Waals surface area contributed by atoms with Gasteiger partial charge in [-0.15, -0.1) is 0 Å². The van der Waals surface area contributed by atoms with Gasteiger partial charge in [0.05, 0.1) is 0 Å². The predicted molar refractivity (Wildman–Crippen MR) is 79.0 cm³/mol. The van der Waals surface area contributed by atoms with Gasteiger partial charge in [-0.25, -0.2) is 0 Å². The third-order valence-corrected chi connectivity index (χ3v) is 4.15. The molecule has 1 aliphatic rings. The standard InChI is InChI=1S/C16H20N2O3/c19-16(20)15(18-10-6-2-1-3-7-11-18)14-12-8-4-5-9-13(12)21-17-14/h4-5,8-9,15H,1-3,6-7,10-11H2,(H,19,20). The van der Waals surface area contributed by atoms with Crippen LogP contribution in [0.2, 0.25) is 0 Å². The molecule has 0 bridgehead atoms. The molecule has 1 aliphatic heterocycles. The summed E-state index contributed by atoms with van der Waals surface area (Å²) >= 11 is 0. The molecular weight excluding hydrogens is 268 g/mol. The fourth-order valence-electron chi connectivity index (χ4n) is 3.08. The number of carbonyl (C=O) groups is 1. The number of likely N-dealkylation sites (tertiary alicyclic amines) is 1. The minimum absolute atomic E-state index is 0.527. The van der Waals surface area contributed by atoms with Gasteiger partial charge in [-0.3, -0.25) is 9.69 Å². The molecule has 1 atom stereocenters. The maximum atomic E-state index is 11.8. The Labute approximate surface area is 123 Å². The number of aromatic nitrogens is 1. The molecule has 2 aromatic rings. The number of aliphatic carboxylic acids is 1. The van der Waals surface area contributed by atoms with Crippen molar-refractivity contribution in [3.63, 3.8) is 0 Å². The van der Waals surface area contributed by atoms with E-state index in [0.29, 0.717) is 11.3 Å². The molecule has 0 radical (unpaired) electrons. The van der Waals surface area contributed by atoms with E-state index in [1.807, 2.05) is 29.2 Å². The summed E-state index contributed by atoms with van der Waals surface area (Å²) < 4.78 is 5.29. The molecule has 1 N–H and O–H groups in total. The van der Waals surface area contributed by atoms with Gasteiger partial charge in [0.15, 0.2) is 11.6 Å². The topological polar surface area (TPSA) is 66.6 Å². The molecule has 1 aromatic carbocycles. The smallest absolute Gasteiger partial charge is 0.327 e. The third-order valence-electron chi connectivity index (χ3n) is 4.15. The lowest BCUT2D eigenvalue weighted by Gasteiger charge is -2.29. The van der Waals surface area contributed by atoms with Crippen LogP contribution in [0.3, 0.4) is 0 Å². The van der Waals surface area contributed by atoms with Crippen molar-refractivity contribution in [3.8, 4) is 0 Å². The van der Waals surface area contributed by atoms with Gasteiger partial charge in [0.25, 0.3) is 0 Å². The number of carboxylic acids is 1. The first kappa shape index (κ1) is 14.1. The highest BCUT2D eigenvalue weighted by Crippen LogP contribution is 2.29. The summed E-state index contributed by atoms with van der Waals surface area (Å²) in [5, 5.41) is 14.5. The van der Waals surface area contributed by atoms with E-state index in [2.05, 4.69) is 5.16 Å². The lowest BCUT2D eigenvalue weighted by Crippen LogP contribution is -2.36. The fourth-order valence-corrected chi connectivity index (χ4v) is 3.08. The van der Waals surface area contributed by atoms with Crippen LogP contribution in [0.1, 0.15) is 43.8 Å². The molecule has 0 amide bonds. The zero-order chi connectivity index (χ0) is 14.7. The number of nitrogens with zero attached hydrogens (tertiary/aromatic N) is 2. The molecular formula is C16H20N2O3. The maximum absolute atomic E-state index is 11.8. The van der Waals surface area contributed by atoms with E-state index in [1.165, 1.54) is 19.3 Å². The Hall–Kier alpha value is -1.88. The Balaban J connectivity index is 1.95. The molecule has 1 aromatic heterocycles. The second-order valence-electron chi connectivity index (χ2n) is 5.61. The van der Waals surface area contributed by atoms with Crippen LogP contribution < -0.4 is 0 Å². The highest BCUT2D eigenvalue weighted by molar-refractivity contribution is 5.86. The van der Waals surface area contributed by atoms with Crippen molar-refractivity contribution in [2.24, 2.45) is 0 Å². The van der Waals surface area contributed by atoms with E-state index in [-0.39, 0.29) is 0 Å². The van der Waals surface area contributed by atoms with Crippen molar-refractivity contribution >= 4 is 16.9 Å². The number of carboxylic acid groups (broad SMARTS) is 1. The average molecular weight is 288 g/mol. The monoisotopic (exact) mass is 288 g/mol. The SMILES string of the molecule is O=C(O)C(c1noc2ccccc12)N1CCCCCCC1. The molecule has 1 unspecified atom stereocenters. The van der Waals surface area contributed by atoms with Gasteiger partial charge in [0.1, 0.15) is 5.69 Å². The second-order valence-corrected chi connectivity index (χ2v) is 5.61. The summed E-state index contributed by atoms with van der Waals surface area (Å²) in [6.45, 7) is 1.61. The predicted octanol–water partition coefficient (Wildman–Crippen LogP) is 3.22. The van der Waals surface area contributed by atoms with Crippen molar-refractivity contribution in [1.82, 2.24) is 10.1 Å². The number of hydrogen-bond acceptors (Lipinski definition) is 4. The van der Waals surface area contributed by atoms with Crippen molar-refractivity contribution in [2.45, 2.75) is 38.1 Å². The van der Waals surface area contributed by atoms with Gasteiger partial charge in [-0.1, -0.05) is 36.6 Å². The highest BCUT2D eigenvalue weighted by Gasteiger charge is 2.31. The number of benzene rings is 1. The Kier molecular flexibility index (Phi) is 4.20. The van der Waals surface area contributed by atoms with Crippen molar-refractivity contribution in [2.75, 3.05) is 13.1 Å². The minimum atomic E-state index is -0.852. The Morgan fingerprint density at radius 2 is 1.81 bits per heavy atom. The fraction of sp³-hybridized carbons (Fsp3) is 0.500. The third kappa shape index (κ3) is 2.93. The molecule has 21 heavy (non-hydrogen) atoms. The summed E-state index contributed by atoms with van der Waals surface area (Å²) in [7, 11) is 0. The van der Waals surface area contributed by atoms with Crippen molar-refractivity contribution in [1.29, 1.82) is 0 Å². The summed E-state index contributed by atoms with van der Waals surface area (Å²) in [4.78, 5) is 13.8. The second kappa shape index (κ2) is 6.26. The van der Waals surface area contributed by atoms with Crippen LogP contribution in [0.5, 0.6) is 0 Å². The van der Waals surface area contributed by atoms with E-state index >= 15 is 0 Å². The van der Waals surface area contributed by atoms with Crippen molar-refractivity contribution in [3.05, 3.63) is 30.0 Å². The van der Waals surface area contributed by atoms with E-state index in [9.17, 15) is 9.90 Å². The van der Waals surface area contributed by atoms with Crippen LogP contribution in [-0.2, 0) is 4.79 Å². The van der Waals surface area contributed by atoms with Crippen molar-refractivity contribution < 1.29 is 14.4 Å². The Morgan fingerprint density at radius 1 is 1.14 bits per heavy atom. The van der Waals surface area contributed by atoms with Gasteiger partial charge in [0.2, 0.25) is 0 Å². The normalized spacial score (nSPS) is 19.0. The Morgan fingerprint density at radius 3 is 2.52 bits per heavy atom. The molecule has 1 fully saturated rings. The number of fused-ring (bicyclic) bond motifs is 1. The quantitative estimate of drug-likeness (QED) is 0.939. The summed E-state index contributed by atoms with van der Waals surface area (Å²) in [5.74, 6) is -0.852. The molecule has 3 rings (SSSR count). The molecule has 0 aliphatic carbocycles. The number of rotatable bonds is 3. The molecule has 2 heterocycles. The van der Waals surface area contributed by atoms with Crippen LogP contribution in [0.15, 0.2) is 28.8 Å². The van der Waals surface area contributed by atoms with Crippen LogP contribution in [0.4, 0.5) is 0 Å². The van der Waals surface area contributed by atoms with E-state index in [0.717, 1.165) is 31.3 Å². The maximum Gasteiger partial charge on any atom is 0.327 e. The van der Waals surface area contributed by atoms with Gasteiger partial charge in [-0.2, -0.15) is 0 Å². The lowest BCUT2D eigenvalue weighted by molar-refractivity contribution is -0.144. The number of para-hydroxylation sites is 1. The zero-order valence-corrected chi connectivity index (χ0v) is 12.0. The highest BCUT2D eigenvalue weighted by atomic mass is 16.5. The molecule has 0 saturated carbocycles. The lowest BCUT2D eigenvalue weighted by atomic mass is 10.0. The minimum Gasteiger partial charge on any atom is -0.480 e. The zero-order valence-electron chi connectivity index (χ0n) is 12.0. The molecule has 0 spiro atoms. The van der Waals surface area contributed by atoms with E-state index in [1.54, 1.807) is 0 Å². The van der Waals surface area contributed by atoms with Gasteiger partial charge >= 0.3 is 5.97 Å². The van der Waals surface area contributed by atoms with Gasteiger partial charge < -0.3 is 9.63 Å². The summed E-state index contributed by atoms with van der Waals surface area (Å²) in [6.07, 6.45) is 5.67. The van der Waals surface area contributed by atoms with Crippen LogP contribution in [0.25, 0.3) is 11.0 Å². The van der Waals surface area contributed by atoms with Crippen LogP contribution in [-0.4, -0.2) is 34.2 Å². The van der Waals surface area contributed by atoms with Crippen LogP contribution >= 0.6 is 0 Å². The van der Waals surface area contributed by atoms with Gasteiger partial charge in [0, 0.05) is 5.39 Å². The first-order chi connectivity index (χ1) is 10.3. The molecule has 112 valence electrons. The van der Waals surface area contributed by atoms with Gasteiger partial charge in [-0.05, 0) is 38.1 Å². The van der Waals surface area contributed by atoms with E-state index in [4.69, 9.17) is 4.52 Å².